The summed E-state index contributed by atoms with van der Waals surface area (Å²) in [6.45, 7) is 2.13. The first-order valence-electron chi connectivity index (χ1n) is 5.96. The molecule has 5 heteroatoms. The monoisotopic (exact) mass is 244 g/mol. The maximum atomic E-state index is 11.9. The van der Waals surface area contributed by atoms with Crippen molar-refractivity contribution < 1.29 is 4.79 Å². The van der Waals surface area contributed by atoms with E-state index in [0.29, 0.717) is 12.1 Å². The number of hydrogen-bond donors (Lipinski definition) is 2. The molecule has 1 aromatic carbocycles. The van der Waals surface area contributed by atoms with Crippen LogP contribution in [0.5, 0.6) is 0 Å². The second kappa shape index (κ2) is 5.52. The predicted molar refractivity (Wildman–Crippen MR) is 69.2 cm³/mol. The predicted octanol–water partition coefficient (Wildman–Crippen LogP) is 0.0825. The van der Waals surface area contributed by atoms with Crippen LogP contribution in [0.2, 0.25) is 0 Å². The van der Waals surface area contributed by atoms with E-state index in [0.717, 1.165) is 18.8 Å². The van der Waals surface area contributed by atoms with Crippen molar-refractivity contribution in [3.63, 3.8) is 0 Å². The molecule has 0 aliphatic carbocycles. The van der Waals surface area contributed by atoms with Gasteiger partial charge in [0, 0.05) is 26.7 Å². The Morgan fingerprint density at radius 2 is 2.33 bits per heavy atom. The van der Waals surface area contributed by atoms with Crippen LogP contribution >= 0.6 is 0 Å². The van der Waals surface area contributed by atoms with Gasteiger partial charge in [0.25, 0.3) is 0 Å². The van der Waals surface area contributed by atoms with Crippen LogP contribution in [0.3, 0.4) is 0 Å². The van der Waals surface area contributed by atoms with Crippen LogP contribution in [0.15, 0.2) is 24.3 Å². The zero-order valence-electron chi connectivity index (χ0n) is 10.3. The first-order chi connectivity index (χ1) is 8.77. The highest BCUT2D eigenvalue weighted by Crippen LogP contribution is 2.22. The van der Waals surface area contributed by atoms with E-state index in [4.69, 9.17) is 5.26 Å². The Kier molecular flexibility index (Phi) is 3.80. The molecule has 94 valence electrons. The van der Waals surface area contributed by atoms with Gasteiger partial charge in [-0.2, -0.15) is 5.26 Å². The van der Waals surface area contributed by atoms with Crippen LogP contribution in [0, 0.1) is 11.3 Å². The lowest BCUT2D eigenvalue weighted by Gasteiger charge is -2.37. The third kappa shape index (κ3) is 2.29. The van der Waals surface area contributed by atoms with Crippen molar-refractivity contribution in [2.75, 3.05) is 31.6 Å². The highest BCUT2D eigenvalue weighted by Gasteiger charge is 2.29. The van der Waals surface area contributed by atoms with Crippen LogP contribution in [-0.4, -0.2) is 38.6 Å². The summed E-state index contributed by atoms with van der Waals surface area (Å²) in [6.07, 6.45) is 0. The number of hydrogen-bond acceptors (Lipinski definition) is 4. The topological polar surface area (TPSA) is 68.2 Å². The third-order valence-corrected chi connectivity index (χ3v) is 3.13. The van der Waals surface area contributed by atoms with Crippen LogP contribution in [-0.2, 0) is 4.79 Å². The molecule has 0 saturated carbocycles. The molecule has 0 radical (unpaired) electrons. The molecule has 1 saturated heterocycles. The number of carbonyl (C=O) groups excluding carboxylic acids is 1. The molecule has 1 unspecified atom stereocenters. The van der Waals surface area contributed by atoms with E-state index in [1.165, 1.54) is 0 Å². The molecule has 1 amide bonds. The standard InChI is InChI=1S/C13H16N4O/c1-15-13(18)12-9-16-6-7-17(12)11-5-3-2-4-10(11)8-14/h2-5,12,16H,6-7,9H2,1H3,(H,15,18). The molecule has 1 fully saturated rings. The molecule has 0 bridgehead atoms. The molecule has 1 aromatic rings. The molecule has 1 aliphatic heterocycles. The lowest BCUT2D eigenvalue weighted by atomic mass is 10.1. The number of likely N-dealkylation sites (N-methyl/N-ethyl adjacent to an activating group) is 1. The van der Waals surface area contributed by atoms with Gasteiger partial charge >= 0.3 is 0 Å². The first-order valence-corrected chi connectivity index (χ1v) is 5.96. The second-order valence-electron chi connectivity index (χ2n) is 4.16. The van der Waals surface area contributed by atoms with E-state index < -0.39 is 0 Å². The normalized spacial score (nSPS) is 19.1. The molecular formula is C13H16N4O. The Balaban J connectivity index is 2.34. The Bertz CT molecular complexity index is 480. The molecule has 1 aliphatic rings. The second-order valence-corrected chi connectivity index (χ2v) is 4.16. The number of nitrogens with zero attached hydrogens (tertiary/aromatic N) is 2. The van der Waals surface area contributed by atoms with E-state index in [1.807, 2.05) is 23.1 Å². The maximum absolute atomic E-state index is 11.9. The van der Waals surface area contributed by atoms with Gasteiger partial charge in [0.15, 0.2) is 0 Å². The summed E-state index contributed by atoms with van der Waals surface area (Å²) in [5.41, 5.74) is 1.43. The lowest BCUT2D eigenvalue weighted by molar-refractivity contribution is -0.122. The van der Waals surface area contributed by atoms with Gasteiger partial charge in [0.1, 0.15) is 12.1 Å². The van der Waals surface area contributed by atoms with E-state index in [2.05, 4.69) is 16.7 Å². The van der Waals surface area contributed by atoms with Crippen molar-refractivity contribution >= 4 is 11.6 Å². The number of rotatable bonds is 2. The number of benzene rings is 1. The zero-order valence-corrected chi connectivity index (χ0v) is 10.3. The van der Waals surface area contributed by atoms with E-state index in [1.54, 1.807) is 13.1 Å². The molecule has 2 rings (SSSR count). The molecule has 5 nitrogen and oxygen atoms in total. The Hall–Kier alpha value is -2.06. The molecule has 0 spiro atoms. The van der Waals surface area contributed by atoms with Gasteiger partial charge in [0.05, 0.1) is 11.3 Å². The van der Waals surface area contributed by atoms with Crippen molar-refractivity contribution in [2.45, 2.75) is 6.04 Å². The molecule has 2 N–H and O–H groups in total. The van der Waals surface area contributed by atoms with Crippen molar-refractivity contribution in [2.24, 2.45) is 0 Å². The summed E-state index contributed by atoms with van der Waals surface area (Å²) < 4.78 is 0. The molecule has 18 heavy (non-hydrogen) atoms. The number of carbonyl (C=O) groups is 1. The fraction of sp³-hybridized carbons (Fsp3) is 0.385. The first kappa shape index (κ1) is 12.4. The summed E-state index contributed by atoms with van der Waals surface area (Å²) in [5, 5.41) is 15.0. The van der Waals surface area contributed by atoms with Crippen LogP contribution in [0.25, 0.3) is 0 Å². The van der Waals surface area contributed by atoms with Crippen molar-refractivity contribution in [1.82, 2.24) is 10.6 Å². The SMILES string of the molecule is CNC(=O)C1CNCCN1c1ccccc1C#N. The van der Waals surface area contributed by atoms with Crippen LogP contribution in [0.1, 0.15) is 5.56 Å². The maximum Gasteiger partial charge on any atom is 0.243 e. The Morgan fingerprint density at radius 1 is 1.56 bits per heavy atom. The zero-order chi connectivity index (χ0) is 13.0. The molecule has 0 aromatic heterocycles. The molecule has 1 heterocycles. The van der Waals surface area contributed by atoms with E-state index >= 15 is 0 Å². The van der Waals surface area contributed by atoms with Gasteiger partial charge in [-0.15, -0.1) is 0 Å². The van der Waals surface area contributed by atoms with Gasteiger partial charge < -0.3 is 15.5 Å². The minimum atomic E-state index is -0.266. The Labute approximate surface area is 106 Å². The third-order valence-electron chi connectivity index (χ3n) is 3.13. The molecule has 1 atom stereocenters. The number of nitrogens with one attached hydrogen (secondary N) is 2. The summed E-state index contributed by atoms with van der Waals surface area (Å²) in [5.74, 6) is -0.0325. The number of piperazine rings is 1. The average molecular weight is 244 g/mol. The summed E-state index contributed by atoms with van der Waals surface area (Å²) >= 11 is 0. The minimum Gasteiger partial charge on any atom is -0.357 e. The quantitative estimate of drug-likeness (QED) is 0.773. The van der Waals surface area contributed by atoms with Gasteiger partial charge in [-0.1, -0.05) is 12.1 Å². The number of nitriles is 1. The highest BCUT2D eigenvalue weighted by molar-refractivity contribution is 5.86. The van der Waals surface area contributed by atoms with Crippen molar-refractivity contribution in [1.29, 1.82) is 5.26 Å². The average Bonchev–Trinajstić information content (AvgIpc) is 2.46. The van der Waals surface area contributed by atoms with Gasteiger partial charge in [0.2, 0.25) is 5.91 Å². The Morgan fingerprint density at radius 3 is 3.06 bits per heavy atom. The smallest absolute Gasteiger partial charge is 0.243 e. The van der Waals surface area contributed by atoms with Gasteiger partial charge in [-0.3, -0.25) is 4.79 Å². The minimum absolute atomic E-state index is 0.0325. The number of amides is 1. The summed E-state index contributed by atoms with van der Waals surface area (Å²) in [6, 6.07) is 9.30. The van der Waals surface area contributed by atoms with Gasteiger partial charge in [-0.05, 0) is 12.1 Å². The van der Waals surface area contributed by atoms with Gasteiger partial charge in [-0.25, -0.2) is 0 Å². The van der Waals surface area contributed by atoms with Crippen LogP contribution < -0.4 is 15.5 Å². The van der Waals surface area contributed by atoms with E-state index in [-0.39, 0.29) is 11.9 Å². The fourth-order valence-corrected chi connectivity index (χ4v) is 2.21. The van der Waals surface area contributed by atoms with Crippen molar-refractivity contribution in [3.05, 3.63) is 29.8 Å². The van der Waals surface area contributed by atoms with Crippen molar-refractivity contribution in [3.8, 4) is 6.07 Å². The highest BCUT2D eigenvalue weighted by atomic mass is 16.2. The summed E-state index contributed by atoms with van der Waals surface area (Å²) in [7, 11) is 1.63. The largest absolute Gasteiger partial charge is 0.357 e. The van der Waals surface area contributed by atoms with E-state index in [9.17, 15) is 4.79 Å². The number of para-hydroxylation sites is 1. The fourth-order valence-electron chi connectivity index (χ4n) is 2.21. The summed E-state index contributed by atoms with van der Waals surface area (Å²) in [4.78, 5) is 13.9. The van der Waals surface area contributed by atoms with Crippen LogP contribution in [0.4, 0.5) is 5.69 Å². The number of anilines is 1. The lowest BCUT2D eigenvalue weighted by Crippen LogP contribution is -2.57. The molecular weight excluding hydrogens is 228 g/mol.